The van der Waals surface area contributed by atoms with Gasteiger partial charge in [-0.3, -0.25) is 4.79 Å². The van der Waals surface area contributed by atoms with Crippen molar-refractivity contribution in [1.82, 2.24) is 0 Å². The summed E-state index contributed by atoms with van der Waals surface area (Å²) in [6.45, 7) is 0. The van der Waals surface area contributed by atoms with Gasteiger partial charge in [0.05, 0.1) is 22.5 Å². The molecule has 19 heavy (non-hydrogen) atoms. The highest BCUT2D eigenvalue weighted by Gasteiger charge is 2.48. The molecule has 3 N–H and O–H groups in total. The second-order valence-electron chi connectivity index (χ2n) is 5.42. The van der Waals surface area contributed by atoms with E-state index in [0.717, 1.165) is 12.8 Å². The molecule has 1 aliphatic carbocycles. The molecule has 2 aliphatic rings. The van der Waals surface area contributed by atoms with E-state index in [1.807, 2.05) is 0 Å². The molecular formula is C13H16N2O3S. The molecule has 1 aliphatic heterocycles. The molecule has 0 saturated heterocycles. The van der Waals surface area contributed by atoms with Crippen molar-refractivity contribution in [3.05, 3.63) is 18.2 Å². The Morgan fingerprint density at radius 1 is 1.21 bits per heavy atom. The van der Waals surface area contributed by atoms with E-state index in [1.54, 1.807) is 18.2 Å². The number of carbonyl (C=O) groups excluding carboxylic acids is 1. The molecular weight excluding hydrogens is 264 g/mol. The van der Waals surface area contributed by atoms with Crippen LogP contribution in [0.1, 0.15) is 25.7 Å². The Labute approximate surface area is 112 Å². The molecule has 1 amide bonds. The van der Waals surface area contributed by atoms with Gasteiger partial charge in [-0.2, -0.15) is 0 Å². The molecule has 0 bridgehead atoms. The van der Waals surface area contributed by atoms with Crippen molar-refractivity contribution in [2.45, 2.75) is 30.6 Å². The number of nitrogens with two attached hydrogens (primary N) is 1. The SMILES string of the molecule is Nc1cccc2c1S(=O)(=O)CC1(CCCC1)C(=O)N2. The quantitative estimate of drug-likeness (QED) is 0.706. The maximum Gasteiger partial charge on any atom is 0.231 e. The molecule has 1 aromatic carbocycles. The van der Waals surface area contributed by atoms with Crippen LogP contribution in [0.3, 0.4) is 0 Å². The van der Waals surface area contributed by atoms with Gasteiger partial charge in [0.2, 0.25) is 5.91 Å². The minimum absolute atomic E-state index is 0.0760. The lowest BCUT2D eigenvalue weighted by atomic mass is 9.87. The van der Waals surface area contributed by atoms with Crippen LogP contribution in [0.2, 0.25) is 0 Å². The fourth-order valence-corrected chi connectivity index (χ4v) is 5.35. The van der Waals surface area contributed by atoms with E-state index in [0.29, 0.717) is 18.5 Å². The smallest absolute Gasteiger partial charge is 0.231 e. The maximum absolute atomic E-state index is 12.5. The molecule has 1 aromatic rings. The average Bonchev–Trinajstić information content (AvgIpc) is 2.74. The zero-order valence-corrected chi connectivity index (χ0v) is 11.3. The van der Waals surface area contributed by atoms with Crippen molar-refractivity contribution in [1.29, 1.82) is 0 Å². The molecule has 1 saturated carbocycles. The Hall–Kier alpha value is -1.56. The minimum Gasteiger partial charge on any atom is -0.398 e. The fourth-order valence-electron chi connectivity index (χ4n) is 3.18. The molecule has 6 heteroatoms. The summed E-state index contributed by atoms with van der Waals surface area (Å²) in [7, 11) is -3.54. The summed E-state index contributed by atoms with van der Waals surface area (Å²) in [5.74, 6) is -0.314. The van der Waals surface area contributed by atoms with Gasteiger partial charge in [0.25, 0.3) is 0 Å². The maximum atomic E-state index is 12.5. The molecule has 0 atom stereocenters. The molecule has 0 radical (unpaired) electrons. The van der Waals surface area contributed by atoms with Crippen molar-refractivity contribution < 1.29 is 13.2 Å². The fraction of sp³-hybridized carbons (Fsp3) is 0.462. The summed E-state index contributed by atoms with van der Waals surface area (Å²) in [5.41, 5.74) is 5.53. The first-order valence-corrected chi connectivity index (χ1v) is 8.03. The first-order chi connectivity index (χ1) is 8.95. The Kier molecular flexibility index (Phi) is 2.60. The highest BCUT2D eigenvalue weighted by molar-refractivity contribution is 7.91. The number of benzene rings is 1. The molecule has 1 spiro atoms. The van der Waals surface area contributed by atoms with Crippen LogP contribution in [-0.2, 0) is 14.6 Å². The monoisotopic (exact) mass is 280 g/mol. The second-order valence-corrected chi connectivity index (χ2v) is 7.35. The van der Waals surface area contributed by atoms with Gasteiger partial charge in [-0.15, -0.1) is 0 Å². The summed E-state index contributed by atoms with van der Waals surface area (Å²) in [5, 5.41) is 2.75. The summed E-state index contributed by atoms with van der Waals surface area (Å²) < 4.78 is 25.1. The van der Waals surface area contributed by atoms with Crippen LogP contribution < -0.4 is 11.1 Å². The van der Waals surface area contributed by atoms with Crippen LogP contribution >= 0.6 is 0 Å². The third kappa shape index (κ3) is 1.82. The van der Waals surface area contributed by atoms with Crippen LogP contribution in [0.4, 0.5) is 11.4 Å². The highest BCUT2D eigenvalue weighted by atomic mass is 32.2. The molecule has 102 valence electrons. The number of nitrogens with one attached hydrogen (secondary N) is 1. The van der Waals surface area contributed by atoms with E-state index >= 15 is 0 Å². The van der Waals surface area contributed by atoms with Gasteiger partial charge in [0.15, 0.2) is 9.84 Å². The summed E-state index contributed by atoms with van der Waals surface area (Å²) >= 11 is 0. The van der Waals surface area contributed by atoms with E-state index in [2.05, 4.69) is 5.32 Å². The predicted octanol–water partition coefficient (Wildman–Crippen LogP) is 1.56. The molecule has 3 rings (SSSR count). The van der Waals surface area contributed by atoms with Gasteiger partial charge >= 0.3 is 0 Å². The van der Waals surface area contributed by atoms with E-state index < -0.39 is 15.3 Å². The third-order valence-electron chi connectivity index (χ3n) is 4.11. The van der Waals surface area contributed by atoms with Crippen molar-refractivity contribution in [3.8, 4) is 0 Å². The number of fused-ring (bicyclic) bond motifs is 1. The standard InChI is InChI=1S/C13H16N2O3S/c14-9-4-3-5-10-11(9)19(17,18)8-13(12(16)15-10)6-1-2-7-13/h3-5H,1-2,6-8,14H2,(H,15,16). The first kappa shape index (κ1) is 12.5. The van der Waals surface area contributed by atoms with Gasteiger partial charge in [-0.25, -0.2) is 8.42 Å². The zero-order valence-electron chi connectivity index (χ0n) is 10.5. The zero-order chi connectivity index (χ0) is 13.7. The largest absolute Gasteiger partial charge is 0.398 e. The summed E-state index contributed by atoms with van der Waals surface area (Å²) in [6.07, 6.45) is 3.06. The topological polar surface area (TPSA) is 89.3 Å². The Morgan fingerprint density at radius 3 is 2.58 bits per heavy atom. The predicted molar refractivity (Wildman–Crippen MR) is 72.4 cm³/mol. The van der Waals surface area contributed by atoms with Gasteiger partial charge in [-0.05, 0) is 25.0 Å². The number of rotatable bonds is 0. The van der Waals surface area contributed by atoms with Crippen molar-refractivity contribution >= 4 is 27.1 Å². The molecule has 1 fully saturated rings. The Balaban J connectivity index is 2.20. The molecule has 0 aromatic heterocycles. The molecule has 0 unspecified atom stereocenters. The van der Waals surface area contributed by atoms with Gasteiger partial charge in [-0.1, -0.05) is 18.9 Å². The van der Waals surface area contributed by atoms with Crippen molar-refractivity contribution in [2.75, 3.05) is 16.8 Å². The van der Waals surface area contributed by atoms with Gasteiger partial charge in [0, 0.05) is 0 Å². The normalized spacial score (nSPS) is 23.7. The lowest BCUT2D eigenvalue weighted by Crippen LogP contribution is -2.37. The minimum atomic E-state index is -3.54. The lowest BCUT2D eigenvalue weighted by molar-refractivity contribution is -0.124. The van der Waals surface area contributed by atoms with Crippen LogP contribution in [-0.4, -0.2) is 20.1 Å². The lowest BCUT2D eigenvalue weighted by Gasteiger charge is -2.24. The van der Waals surface area contributed by atoms with Crippen LogP contribution in [0.25, 0.3) is 0 Å². The number of sulfone groups is 1. The molecule has 5 nitrogen and oxygen atoms in total. The van der Waals surface area contributed by atoms with E-state index in [1.165, 1.54) is 0 Å². The second kappa shape index (κ2) is 3.96. The van der Waals surface area contributed by atoms with Crippen molar-refractivity contribution in [2.24, 2.45) is 5.41 Å². The number of anilines is 2. The van der Waals surface area contributed by atoms with Crippen molar-refractivity contribution in [3.63, 3.8) is 0 Å². The number of amides is 1. The molecule has 1 heterocycles. The summed E-state index contributed by atoms with van der Waals surface area (Å²) in [4.78, 5) is 12.5. The van der Waals surface area contributed by atoms with E-state index in [9.17, 15) is 13.2 Å². The van der Waals surface area contributed by atoms with Gasteiger partial charge < -0.3 is 11.1 Å². The van der Waals surface area contributed by atoms with E-state index in [4.69, 9.17) is 5.73 Å². The van der Waals surface area contributed by atoms with E-state index in [-0.39, 0.29) is 22.2 Å². The Morgan fingerprint density at radius 2 is 1.89 bits per heavy atom. The number of hydrogen-bond acceptors (Lipinski definition) is 4. The Bertz CT molecular complexity index is 646. The number of hydrogen-bond donors (Lipinski definition) is 2. The van der Waals surface area contributed by atoms with Crippen LogP contribution in [0.5, 0.6) is 0 Å². The van der Waals surface area contributed by atoms with Crippen LogP contribution in [0, 0.1) is 5.41 Å². The highest BCUT2D eigenvalue weighted by Crippen LogP contribution is 2.45. The number of carbonyl (C=O) groups is 1. The first-order valence-electron chi connectivity index (χ1n) is 6.37. The number of nitrogen functional groups attached to an aromatic ring is 1. The van der Waals surface area contributed by atoms with Gasteiger partial charge in [0.1, 0.15) is 4.90 Å². The van der Waals surface area contributed by atoms with Crippen LogP contribution in [0.15, 0.2) is 23.1 Å². The average molecular weight is 280 g/mol. The summed E-state index contributed by atoms with van der Waals surface area (Å²) in [6, 6.07) is 4.79. The third-order valence-corrected chi connectivity index (χ3v) is 6.12.